The van der Waals surface area contributed by atoms with Crippen molar-refractivity contribution in [3.8, 4) is 5.75 Å². The maximum absolute atomic E-state index is 13.1. The Balaban J connectivity index is 1.39. The Kier molecular flexibility index (Phi) is 5.09. The van der Waals surface area contributed by atoms with Gasteiger partial charge in [0.15, 0.2) is 5.60 Å². The molecule has 0 saturated carbocycles. The number of benzene rings is 3. The molecular weight excluding hydrogens is 412 g/mol. The number of carbonyl (C=O) groups is 1. The van der Waals surface area contributed by atoms with Crippen LogP contribution in [-0.4, -0.2) is 16.4 Å². The first-order valence-corrected chi connectivity index (χ1v) is 10.8. The fourth-order valence-corrected chi connectivity index (χ4v) is 3.92. The maximum Gasteiger partial charge on any atom is 0.210 e. The normalized spacial score (nSPS) is 15.0. The first-order valence-electron chi connectivity index (χ1n) is 10.8. The van der Waals surface area contributed by atoms with Crippen LogP contribution >= 0.6 is 0 Å². The molecule has 33 heavy (non-hydrogen) atoms. The molecule has 0 atom stereocenters. The summed E-state index contributed by atoms with van der Waals surface area (Å²) >= 11 is 0. The van der Waals surface area contributed by atoms with Gasteiger partial charge in [-0.05, 0) is 67.9 Å². The average Bonchev–Trinajstić information content (AvgIpc) is 3.07. The van der Waals surface area contributed by atoms with Gasteiger partial charge in [0, 0.05) is 16.6 Å². The third-order valence-corrected chi connectivity index (χ3v) is 5.72. The van der Waals surface area contributed by atoms with Crippen molar-refractivity contribution in [3.63, 3.8) is 0 Å². The minimum absolute atomic E-state index is 0.0524. The van der Waals surface area contributed by atoms with Gasteiger partial charge in [-0.1, -0.05) is 36.4 Å². The molecule has 0 saturated heterocycles. The van der Waals surface area contributed by atoms with Crippen LogP contribution < -0.4 is 10.5 Å². The van der Waals surface area contributed by atoms with Gasteiger partial charge in [-0.3, -0.25) is 4.79 Å². The first kappa shape index (κ1) is 20.8. The highest BCUT2D eigenvalue weighted by atomic mass is 16.5. The molecule has 2 N–H and O–H groups in total. The molecule has 2 heterocycles. The summed E-state index contributed by atoms with van der Waals surface area (Å²) in [7, 11) is 0. The summed E-state index contributed by atoms with van der Waals surface area (Å²) in [6.45, 7) is 3.93. The van der Waals surface area contributed by atoms with Crippen LogP contribution in [-0.2, 0) is 16.1 Å². The summed E-state index contributed by atoms with van der Waals surface area (Å²) in [5, 5.41) is 1.10. The van der Waals surface area contributed by atoms with Crippen LogP contribution in [0.15, 0.2) is 84.9 Å². The average molecular weight is 437 g/mol. The summed E-state index contributed by atoms with van der Waals surface area (Å²) in [6, 6.07) is 26.9. The molecule has 0 bridgehead atoms. The molecule has 1 aliphatic heterocycles. The number of rotatable bonds is 5. The third kappa shape index (κ3) is 4.05. The van der Waals surface area contributed by atoms with Crippen molar-refractivity contribution in [3.05, 3.63) is 102 Å². The van der Waals surface area contributed by atoms with Crippen molar-refractivity contribution in [2.75, 3.05) is 5.73 Å². The number of ether oxygens (including phenoxy) is 2. The number of nitrogens with zero attached hydrogens (tertiary/aromatic N) is 1. The number of nitrogens with two attached hydrogens (primary N) is 1. The van der Waals surface area contributed by atoms with Crippen LogP contribution in [0.4, 0.5) is 5.69 Å². The lowest BCUT2D eigenvalue weighted by atomic mass is 9.92. The molecule has 1 aromatic heterocycles. The van der Waals surface area contributed by atoms with E-state index in [1.807, 2.05) is 72.8 Å². The Bertz CT molecular complexity index is 1370. The molecule has 0 radical (unpaired) electrons. The minimum Gasteiger partial charge on any atom is -0.487 e. The first-order chi connectivity index (χ1) is 15.9. The van der Waals surface area contributed by atoms with E-state index in [2.05, 4.69) is 4.98 Å². The van der Waals surface area contributed by atoms with Crippen molar-refractivity contribution >= 4 is 33.7 Å². The number of nitrogen functional groups attached to an aromatic ring is 1. The van der Waals surface area contributed by atoms with E-state index >= 15 is 0 Å². The third-order valence-electron chi connectivity index (χ3n) is 5.72. The molecule has 5 rings (SSSR count). The molecule has 0 fully saturated rings. The second-order valence-electron chi connectivity index (χ2n) is 8.58. The molecule has 5 nitrogen and oxygen atoms in total. The van der Waals surface area contributed by atoms with E-state index in [1.165, 1.54) is 0 Å². The van der Waals surface area contributed by atoms with Gasteiger partial charge in [0.25, 0.3) is 0 Å². The predicted octanol–water partition coefficient (Wildman–Crippen LogP) is 5.64. The molecule has 1 aliphatic rings. The zero-order valence-electron chi connectivity index (χ0n) is 18.5. The lowest BCUT2D eigenvalue weighted by molar-refractivity contribution is -0.125. The SMILES string of the molecule is CC1(C)OC(c2ccc(N)cc2)=C(c2ccc(OCc3ccc4ccccc4n3)cc2)C1=O. The number of anilines is 1. The van der Waals surface area contributed by atoms with Gasteiger partial charge in [0.1, 0.15) is 18.1 Å². The van der Waals surface area contributed by atoms with E-state index in [-0.39, 0.29) is 5.78 Å². The van der Waals surface area contributed by atoms with Crippen LogP contribution in [0.5, 0.6) is 5.75 Å². The zero-order valence-corrected chi connectivity index (χ0v) is 18.5. The lowest BCUT2D eigenvalue weighted by Crippen LogP contribution is -2.29. The van der Waals surface area contributed by atoms with E-state index in [9.17, 15) is 4.79 Å². The van der Waals surface area contributed by atoms with Crippen LogP contribution in [0.1, 0.15) is 30.7 Å². The molecule has 0 spiro atoms. The van der Waals surface area contributed by atoms with Gasteiger partial charge in [0.05, 0.1) is 16.8 Å². The van der Waals surface area contributed by atoms with Gasteiger partial charge in [0.2, 0.25) is 5.78 Å². The second-order valence-corrected chi connectivity index (χ2v) is 8.58. The standard InChI is InChI=1S/C28H24N2O3/c1-28(2)27(31)25(26(33-28)20-7-12-21(29)13-8-20)19-10-15-23(16-11-19)32-17-22-14-9-18-5-3-4-6-24(18)30-22/h3-16H,17,29H2,1-2H3. The molecule has 0 unspecified atom stereocenters. The van der Waals surface area contributed by atoms with E-state index in [0.29, 0.717) is 29.4 Å². The number of fused-ring (bicyclic) bond motifs is 1. The maximum atomic E-state index is 13.1. The highest BCUT2D eigenvalue weighted by molar-refractivity contribution is 6.32. The Hall–Kier alpha value is -4.12. The van der Waals surface area contributed by atoms with Crippen molar-refractivity contribution in [2.45, 2.75) is 26.1 Å². The summed E-state index contributed by atoms with van der Waals surface area (Å²) in [6.07, 6.45) is 0. The Morgan fingerprint density at radius 3 is 2.33 bits per heavy atom. The summed E-state index contributed by atoms with van der Waals surface area (Å²) in [5.41, 5.74) is 9.52. The summed E-state index contributed by atoms with van der Waals surface area (Å²) in [4.78, 5) is 17.8. The fraction of sp³-hybridized carbons (Fsp3) is 0.143. The quantitative estimate of drug-likeness (QED) is 0.410. The molecule has 164 valence electrons. The van der Waals surface area contributed by atoms with Crippen molar-refractivity contribution in [1.82, 2.24) is 4.98 Å². The van der Waals surface area contributed by atoms with E-state index in [1.54, 1.807) is 26.0 Å². The molecule has 4 aromatic rings. The predicted molar refractivity (Wildman–Crippen MR) is 130 cm³/mol. The molecule has 0 aliphatic carbocycles. The Morgan fingerprint density at radius 2 is 1.58 bits per heavy atom. The topological polar surface area (TPSA) is 74.4 Å². The van der Waals surface area contributed by atoms with Gasteiger partial charge in [-0.25, -0.2) is 4.98 Å². The molecule has 0 amide bonds. The van der Waals surface area contributed by atoms with Crippen LogP contribution in [0.2, 0.25) is 0 Å². The second kappa shape index (κ2) is 8.10. The van der Waals surface area contributed by atoms with Crippen LogP contribution in [0, 0.1) is 0 Å². The number of para-hydroxylation sites is 1. The largest absolute Gasteiger partial charge is 0.487 e. The number of hydrogen-bond acceptors (Lipinski definition) is 5. The number of aromatic nitrogens is 1. The Labute approximate surface area is 192 Å². The Morgan fingerprint density at radius 1 is 0.879 bits per heavy atom. The number of ketones is 1. The summed E-state index contributed by atoms with van der Waals surface area (Å²) in [5.74, 6) is 1.22. The number of pyridine rings is 1. The van der Waals surface area contributed by atoms with E-state index in [4.69, 9.17) is 15.2 Å². The minimum atomic E-state index is -0.928. The molecule has 3 aromatic carbocycles. The smallest absolute Gasteiger partial charge is 0.210 e. The van der Waals surface area contributed by atoms with Crippen LogP contribution in [0.25, 0.3) is 22.2 Å². The van der Waals surface area contributed by atoms with Gasteiger partial charge >= 0.3 is 0 Å². The van der Waals surface area contributed by atoms with Crippen molar-refractivity contribution in [2.24, 2.45) is 0 Å². The highest BCUT2D eigenvalue weighted by Crippen LogP contribution is 2.41. The molecular formula is C28H24N2O3. The number of hydrogen-bond donors (Lipinski definition) is 1. The highest BCUT2D eigenvalue weighted by Gasteiger charge is 2.42. The van der Waals surface area contributed by atoms with Crippen molar-refractivity contribution < 1.29 is 14.3 Å². The van der Waals surface area contributed by atoms with Gasteiger partial charge in [-0.2, -0.15) is 0 Å². The monoisotopic (exact) mass is 436 g/mol. The van der Waals surface area contributed by atoms with E-state index < -0.39 is 5.60 Å². The van der Waals surface area contributed by atoms with Gasteiger partial charge in [-0.15, -0.1) is 0 Å². The van der Waals surface area contributed by atoms with E-state index in [0.717, 1.165) is 27.7 Å². The summed E-state index contributed by atoms with van der Waals surface area (Å²) < 4.78 is 12.0. The fourth-order valence-electron chi connectivity index (χ4n) is 3.92. The van der Waals surface area contributed by atoms with Gasteiger partial charge < -0.3 is 15.2 Å². The zero-order chi connectivity index (χ0) is 23.0. The number of Topliss-reactive ketones (excluding diaryl/α,β-unsaturated/α-hetero) is 1. The molecule has 5 heteroatoms. The van der Waals surface area contributed by atoms with Crippen molar-refractivity contribution in [1.29, 1.82) is 0 Å². The lowest BCUT2D eigenvalue weighted by Gasteiger charge is -2.17. The number of carbonyl (C=O) groups excluding carboxylic acids is 1. The van der Waals surface area contributed by atoms with Crippen LogP contribution in [0.3, 0.4) is 0 Å².